The largest absolute Gasteiger partial charge is 0.461 e. The van der Waals surface area contributed by atoms with Gasteiger partial charge >= 0.3 is 5.97 Å². The molecule has 0 atom stereocenters. The number of carbonyl (C=O) groups is 1. The average Bonchev–Trinajstić information content (AvgIpc) is 2.97. The molecule has 3 rings (SSSR count). The third-order valence-electron chi connectivity index (χ3n) is 3.08. The molecule has 0 saturated heterocycles. The standard InChI is InChI=1S/C15H15N5O2S/c16-15-17-8-12-13(19-15)20(9-18-12)10-23-7-6-22-14(21)11-4-2-1-3-5-11/h1-5,8-9H,6-7,10H2,(H2,16,17,19). The second-order valence-corrected chi connectivity index (χ2v) is 5.77. The summed E-state index contributed by atoms with van der Waals surface area (Å²) in [5.41, 5.74) is 7.55. The van der Waals surface area contributed by atoms with Crippen molar-refractivity contribution in [2.45, 2.75) is 5.88 Å². The number of anilines is 1. The van der Waals surface area contributed by atoms with Gasteiger partial charge in [-0.15, -0.1) is 11.8 Å². The van der Waals surface area contributed by atoms with Gasteiger partial charge in [-0.1, -0.05) is 18.2 Å². The van der Waals surface area contributed by atoms with Crippen molar-refractivity contribution in [3.8, 4) is 0 Å². The number of thioether (sulfide) groups is 1. The molecule has 118 valence electrons. The summed E-state index contributed by atoms with van der Waals surface area (Å²) in [5.74, 6) is 1.25. The third kappa shape index (κ3) is 3.78. The molecule has 0 spiro atoms. The number of benzene rings is 1. The predicted molar refractivity (Wildman–Crippen MR) is 88.9 cm³/mol. The van der Waals surface area contributed by atoms with E-state index in [0.29, 0.717) is 35.0 Å². The van der Waals surface area contributed by atoms with Gasteiger partial charge in [-0.2, -0.15) is 4.98 Å². The highest BCUT2D eigenvalue weighted by Crippen LogP contribution is 2.14. The molecule has 0 amide bonds. The Morgan fingerprint density at radius 3 is 2.91 bits per heavy atom. The Morgan fingerprint density at radius 2 is 2.09 bits per heavy atom. The van der Waals surface area contributed by atoms with Crippen LogP contribution >= 0.6 is 11.8 Å². The number of hydrogen-bond donors (Lipinski definition) is 1. The number of aromatic nitrogens is 4. The molecule has 1 aromatic carbocycles. The van der Waals surface area contributed by atoms with Crippen LogP contribution in [0.2, 0.25) is 0 Å². The first kappa shape index (κ1) is 15.3. The van der Waals surface area contributed by atoms with Crippen LogP contribution in [0.3, 0.4) is 0 Å². The number of nitrogens with two attached hydrogens (primary N) is 1. The van der Waals surface area contributed by atoms with E-state index >= 15 is 0 Å². The molecule has 8 heteroatoms. The first-order valence-electron chi connectivity index (χ1n) is 6.97. The van der Waals surface area contributed by atoms with Crippen molar-refractivity contribution >= 4 is 34.8 Å². The number of fused-ring (bicyclic) bond motifs is 1. The smallest absolute Gasteiger partial charge is 0.338 e. The molecular formula is C15H15N5O2S. The SMILES string of the molecule is Nc1ncc2ncn(CSCCOC(=O)c3ccccc3)c2n1. The molecule has 0 aliphatic rings. The van der Waals surface area contributed by atoms with Crippen molar-refractivity contribution in [2.75, 3.05) is 18.1 Å². The maximum Gasteiger partial charge on any atom is 0.338 e. The van der Waals surface area contributed by atoms with Gasteiger partial charge < -0.3 is 15.0 Å². The van der Waals surface area contributed by atoms with Crippen LogP contribution in [0.25, 0.3) is 11.2 Å². The fraction of sp³-hybridized carbons (Fsp3) is 0.200. The number of nitrogen functional groups attached to an aromatic ring is 1. The Bertz CT molecular complexity index is 806. The Labute approximate surface area is 136 Å². The second kappa shape index (κ2) is 7.10. The monoisotopic (exact) mass is 329 g/mol. The number of hydrogen-bond acceptors (Lipinski definition) is 7. The Morgan fingerprint density at radius 1 is 1.26 bits per heavy atom. The van der Waals surface area contributed by atoms with Gasteiger partial charge in [0.25, 0.3) is 0 Å². The summed E-state index contributed by atoms with van der Waals surface area (Å²) in [7, 11) is 0. The summed E-state index contributed by atoms with van der Waals surface area (Å²) in [6.07, 6.45) is 3.29. The Kier molecular flexibility index (Phi) is 4.72. The zero-order valence-electron chi connectivity index (χ0n) is 12.3. The molecule has 0 aliphatic carbocycles. The van der Waals surface area contributed by atoms with Crippen LogP contribution in [0, 0.1) is 0 Å². The van der Waals surface area contributed by atoms with Crippen molar-refractivity contribution in [3.05, 3.63) is 48.4 Å². The summed E-state index contributed by atoms with van der Waals surface area (Å²) in [6.45, 7) is 0.349. The van der Waals surface area contributed by atoms with Crippen LogP contribution in [0.5, 0.6) is 0 Å². The lowest BCUT2D eigenvalue weighted by atomic mass is 10.2. The van der Waals surface area contributed by atoms with Crippen LogP contribution in [-0.2, 0) is 10.6 Å². The van der Waals surface area contributed by atoms with Crippen molar-refractivity contribution in [2.24, 2.45) is 0 Å². The lowest BCUT2D eigenvalue weighted by molar-refractivity contribution is 0.0530. The lowest BCUT2D eigenvalue weighted by Crippen LogP contribution is -2.08. The number of imidazole rings is 1. The van der Waals surface area contributed by atoms with Gasteiger partial charge in [-0.05, 0) is 12.1 Å². The van der Waals surface area contributed by atoms with Crippen LogP contribution < -0.4 is 5.73 Å². The van der Waals surface area contributed by atoms with E-state index in [2.05, 4.69) is 15.0 Å². The maximum absolute atomic E-state index is 11.8. The van der Waals surface area contributed by atoms with Gasteiger partial charge in [-0.25, -0.2) is 14.8 Å². The molecule has 7 nitrogen and oxygen atoms in total. The first-order valence-corrected chi connectivity index (χ1v) is 8.13. The van der Waals surface area contributed by atoms with Gasteiger partial charge in [0.2, 0.25) is 5.95 Å². The van der Waals surface area contributed by atoms with Crippen molar-refractivity contribution in [3.63, 3.8) is 0 Å². The molecular weight excluding hydrogens is 314 g/mol. The van der Waals surface area contributed by atoms with Crippen molar-refractivity contribution in [1.82, 2.24) is 19.5 Å². The molecule has 0 fully saturated rings. The van der Waals surface area contributed by atoms with Gasteiger partial charge in [0.1, 0.15) is 12.1 Å². The van der Waals surface area contributed by atoms with E-state index < -0.39 is 0 Å². The highest BCUT2D eigenvalue weighted by molar-refractivity contribution is 7.98. The lowest BCUT2D eigenvalue weighted by Gasteiger charge is -2.06. The number of nitrogens with zero attached hydrogens (tertiary/aromatic N) is 4. The minimum absolute atomic E-state index is 0.223. The van der Waals surface area contributed by atoms with Crippen LogP contribution in [0.15, 0.2) is 42.9 Å². The van der Waals surface area contributed by atoms with E-state index in [4.69, 9.17) is 10.5 Å². The molecule has 2 aromatic heterocycles. The van der Waals surface area contributed by atoms with Crippen LogP contribution in [0.4, 0.5) is 5.95 Å². The zero-order valence-corrected chi connectivity index (χ0v) is 13.1. The first-order chi connectivity index (χ1) is 11.2. The highest BCUT2D eigenvalue weighted by atomic mass is 32.2. The number of esters is 1. The second-order valence-electron chi connectivity index (χ2n) is 4.69. The predicted octanol–water partition coefficient (Wildman–Crippen LogP) is 1.96. The summed E-state index contributed by atoms with van der Waals surface area (Å²) in [6, 6.07) is 8.94. The van der Waals surface area contributed by atoms with E-state index in [9.17, 15) is 4.79 Å². The maximum atomic E-state index is 11.8. The minimum atomic E-state index is -0.306. The minimum Gasteiger partial charge on any atom is -0.461 e. The molecule has 0 saturated carbocycles. The van der Waals surface area contributed by atoms with E-state index in [1.807, 2.05) is 22.8 Å². The van der Waals surface area contributed by atoms with Gasteiger partial charge in [0.15, 0.2) is 5.65 Å². The number of ether oxygens (including phenoxy) is 1. The van der Waals surface area contributed by atoms with Crippen molar-refractivity contribution < 1.29 is 9.53 Å². The number of rotatable bonds is 6. The Hall–Kier alpha value is -2.61. The fourth-order valence-electron chi connectivity index (χ4n) is 1.98. The summed E-state index contributed by atoms with van der Waals surface area (Å²) >= 11 is 1.61. The zero-order chi connectivity index (χ0) is 16.1. The number of carbonyl (C=O) groups excluding carboxylic acids is 1. The summed E-state index contributed by atoms with van der Waals surface area (Å²) in [4.78, 5) is 24.1. The fourth-order valence-corrected chi connectivity index (χ4v) is 2.69. The molecule has 3 aromatic rings. The topological polar surface area (TPSA) is 95.9 Å². The van der Waals surface area contributed by atoms with Gasteiger partial charge in [0.05, 0.1) is 24.0 Å². The van der Waals surface area contributed by atoms with E-state index in [0.717, 1.165) is 0 Å². The molecule has 23 heavy (non-hydrogen) atoms. The molecule has 0 unspecified atom stereocenters. The molecule has 2 N–H and O–H groups in total. The molecule has 0 bridgehead atoms. The molecule has 0 radical (unpaired) electrons. The molecule has 0 aliphatic heterocycles. The normalized spacial score (nSPS) is 10.8. The van der Waals surface area contributed by atoms with Crippen molar-refractivity contribution in [1.29, 1.82) is 0 Å². The average molecular weight is 329 g/mol. The van der Waals surface area contributed by atoms with Crippen LogP contribution in [-0.4, -0.2) is 37.8 Å². The van der Waals surface area contributed by atoms with Gasteiger partial charge in [0, 0.05) is 5.75 Å². The molecule has 2 heterocycles. The summed E-state index contributed by atoms with van der Waals surface area (Å²) < 4.78 is 7.11. The third-order valence-corrected chi connectivity index (χ3v) is 3.99. The summed E-state index contributed by atoms with van der Waals surface area (Å²) in [5, 5.41) is 0. The van der Waals surface area contributed by atoms with Crippen LogP contribution in [0.1, 0.15) is 10.4 Å². The van der Waals surface area contributed by atoms with E-state index in [1.54, 1.807) is 36.4 Å². The van der Waals surface area contributed by atoms with E-state index in [-0.39, 0.29) is 11.9 Å². The van der Waals surface area contributed by atoms with Gasteiger partial charge in [-0.3, -0.25) is 0 Å². The van der Waals surface area contributed by atoms with E-state index in [1.165, 1.54) is 0 Å². The highest BCUT2D eigenvalue weighted by Gasteiger charge is 2.07. The quantitative estimate of drug-likeness (QED) is 0.545. The Balaban J connectivity index is 1.46.